The third kappa shape index (κ3) is 5.74. The van der Waals surface area contributed by atoms with Crippen LogP contribution in [0.1, 0.15) is 31.7 Å². The van der Waals surface area contributed by atoms with Crippen molar-refractivity contribution in [2.24, 2.45) is 0 Å². The number of carbonyl (C=O) groups is 1. The normalized spacial score (nSPS) is 10.9. The SMILES string of the molecule is CCCCOc1nc(N)c2[nH]c(=O)n(CCCNc3cccc(CC(=O)OC)c3)c2n1. The average molecular weight is 428 g/mol. The Kier molecular flexibility index (Phi) is 7.47. The molecule has 0 fully saturated rings. The van der Waals surface area contributed by atoms with E-state index in [0.717, 1.165) is 24.1 Å². The Bertz CT molecular complexity index is 1090. The number of imidazole rings is 1. The van der Waals surface area contributed by atoms with Gasteiger partial charge in [-0.1, -0.05) is 25.5 Å². The molecule has 4 N–H and O–H groups in total. The van der Waals surface area contributed by atoms with Crippen molar-refractivity contribution in [3.63, 3.8) is 0 Å². The van der Waals surface area contributed by atoms with Crippen LogP contribution in [0.25, 0.3) is 11.2 Å². The highest BCUT2D eigenvalue weighted by Gasteiger charge is 2.14. The number of nitrogens with zero attached hydrogens (tertiary/aromatic N) is 3. The fourth-order valence-electron chi connectivity index (χ4n) is 3.11. The van der Waals surface area contributed by atoms with Gasteiger partial charge in [0, 0.05) is 18.8 Å². The topological polar surface area (TPSA) is 137 Å². The Morgan fingerprint density at radius 2 is 2.13 bits per heavy atom. The highest BCUT2D eigenvalue weighted by atomic mass is 16.5. The van der Waals surface area contributed by atoms with Gasteiger partial charge in [0.25, 0.3) is 0 Å². The largest absolute Gasteiger partial charge is 0.469 e. The van der Waals surface area contributed by atoms with Crippen molar-refractivity contribution in [1.82, 2.24) is 19.5 Å². The third-order valence-electron chi connectivity index (χ3n) is 4.75. The first kappa shape index (κ1) is 22.1. The first-order valence-corrected chi connectivity index (χ1v) is 10.3. The number of nitrogens with two attached hydrogens (primary N) is 1. The Hall–Kier alpha value is -3.56. The molecule has 0 radical (unpaired) electrons. The van der Waals surface area contributed by atoms with Gasteiger partial charge >= 0.3 is 17.7 Å². The van der Waals surface area contributed by atoms with E-state index in [-0.39, 0.29) is 29.9 Å². The number of nitrogens with one attached hydrogen (secondary N) is 2. The second kappa shape index (κ2) is 10.5. The number of hydrogen-bond donors (Lipinski definition) is 3. The lowest BCUT2D eigenvalue weighted by Crippen LogP contribution is -2.19. The molecular formula is C21H28N6O4. The van der Waals surface area contributed by atoms with Gasteiger partial charge < -0.3 is 25.5 Å². The quantitative estimate of drug-likeness (QED) is 0.312. The van der Waals surface area contributed by atoms with Crippen molar-refractivity contribution >= 4 is 28.6 Å². The number of fused-ring (bicyclic) bond motifs is 1. The number of unbranched alkanes of at least 4 members (excludes halogenated alkanes) is 1. The summed E-state index contributed by atoms with van der Waals surface area (Å²) in [5.41, 5.74) is 8.29. The lowest BCUT2D eigenvalue weighted by molar-refractivity contribution is -0.139. The second-order valence-electron chi connectivity index (χ2n) is 7.11. The minimum absolute atomic E-state index is 0.173. The number of nitrogen functional groups attached to an aromatic ring is 1. The zero-order valence-electron chi connectivity index (χ0n) is 17.8. The van der Waals surface area contributed by atoms with Crippen LogP contribution in [0.5, 0.6) is 6.01 Å². The number of aryl methyl sites for hydroxylation is 1. The zero-order valence-corrected chi connectivity index (χ0v) is 17.8. The van der Waals surface area contributed by atoms with Gasteiger partial charge in [-0.05, 0) is 30.5 Å². The van der Waals surface area contributed by atoms with Gasteiger partial charge in [0.2, 0.25) is 0 Å². The molecule has 1 aromatic carbocycles. The molecule has 2 aromatic heterocycles. The molecule has 0 aliphatic rings. The van der Waals surface area contributed by atoms with Crippen LogP contribution in [0.3, 0.4) is 0 Å². The summed E-state index contributed by atoms with van der Waals surface area (Å²) in [5.74, 6) is -0.0944. The highest BCUT2D eigenvalue weighted by Crippen LogP contribution is 2.18. The number of carbonyl (C=O) groups excluding carboxylic acids is 1. The van der Waals surface area contributed by atoms with Gasteiger partial charge in [0.05, 0.1) is 20.1 Å². The number of anilines is 2. The number of benzene rings is 1. The summed E-state index contributed by atoms with van der Waals surface area (Å²) in [6.07, 6.45) is 2.77. The molecule has 10 heteroatoms. The molecule has 31 heavy (non-hydrogen) atoms. The summed E-state index contributed by atoms with van der Waals surface area (Å²) in [5, 5.41) is 3.30. The number of ether oxygens (including phenoxy) is 2. The third-order valence-corrected chi connectivity index (χ3v) is 4.75. The summed E-state index contributed by atoms with van der Waals surface area (Å²) in [7, 11) is 1.37. The van der Waals surface area contributed by atoms with Gasteiger partial charge in [-0.3, -0.25) is 9.36 Å². The Morgan fingerprint density at radius 1 is 1.29 bits per heavy atom. The van der Waals surface area contributed by atoms with Crippen LogP contribution in [0.4, 0.5) is 11.5 Å². The first-order chi connectivity index (χ1) is 15.0. The number of hydrogen-bond acceptors (Lipinski definition) is 8. The van der Waals surface area contributed by atoms with Crippen molar-refractivity contribution in [1.29, 1.82) is 0 Å². The van der Waals surface area contributed by atoms with E-state index in [0.29, 0.717) is 37.3 Å². The van der Waals surface area contributed by atoms with E-state index >= 15 is 0 Å². The molecule has 0 aliphatic heterocycles. The summed E-state index contributed by atoms with van der Waals surface area (Å²) < 4.78 is 11.8. The number of aromatic amines is 1. The van der Waals surface area contributed by atoms with Crippen LogP contribution in [-0.2, 0) is 22.5 Å². The minimum Gasteiger partial charge on any atom is -0.469 e. The Labute approximate surface area is 179 Å². The monoisotopic (exact) mass is 428 g/mol. The number of methoxy groups -OCH3 is 1. The zero-order chi connectivity index (χ0) is 22.2. The van der Waals surface area contributed by atoms with E-state index in [1.54, 1.807) is 0 Å². The molecule has 0 atom stereocenters. The molecule has 0 aliphatic carbocycles. The van der Waals surface area contributed by atoms with E-state index in [1.807, 2.05) is 24.3 Å². The molecule has 0 unspecified atom stereocenters. The lowest BCUT2D eigenvalue weighted by Gasteiger charge is -2.09. The molecule has 0 saturated heterocycles. The van der Waals surface area contributed by atoms with Gasteiger partial charge in [0.15, 0.2) is 11.5 Å². The first-order valence-electron chi connectivity index (χ1n) is 10.3. The number of H-pyrrole nitrogens is 1. The van der Waals surface area contributed by atoms with Gasteiger partial charge in [0.1, 0.15) is 5.52 Å². The number of aromatic nitrogens is 4. The van der Waals surface area contributed by atoms with Crippen LogP contribution >= 0.6 is 0 Å². The van der Waals surface area contributed by atoms with E-state index in [9.17, 15) is 9.59 Å². The summed E-state index contributed by atoms with van der Waals surface area (Å²) in [6, 6.07) is 7.75. The number of esters is 1. The van der Waals surface area contributed by atoms with Crippen molar-refractivity contribution in [3.05, 3.63) is 40.3 Å². The summed E-state index contributed by atoms with van der Waals surface area (Å²) in [6.45, 7) is 3.63. The maximum atomic E-state index is 12.4. The summed E-state index contributed by atoms with van der Waals surface area (Å²) in [4.78, 5) is 35.0. The van der Waals surface area contributed by atoms with Gasteiger partial charge in [-0.2, -0.15) is 9.97 Å². The van der Waals surface area contributed by atoms with Crippen molar-refractivity contribution in [3.8, 4) is 6.01 Å². The van der Waals surface area contributed by atoms with Crippen LogP contribution in [0.2, 0.25) is 0 Å². The fraction of sp³-hybridized carbons (Fsp3) is 0.429. The molecule has 3 rings (SSSR count). The van der Waals surface area contributed by atoms with Gasteiger partial charge in [-0.15, -0.1) is 0 Å². The maximum absolute atomic E-state index is 12.4. The van der Waals surface area contributed by atoms with Crippen molar-refractivity contribution in [2.45, 2.75) is 39.2 Å². The Morgan fingerprint density at radius 3 is 2.90 bits per heavy atom. The standard InChI is InChI=1S/C21H28N6O4/c1-3-4-11-31-20-25-18(22)17-19(26-20)27(21(29)24-17)10-6-9-23-15-8-5-7-14(12-15)13-16(28)30-2/h5,7-8,12,23H,3-4,6,9-11,13H2,1-2H3,(H,24,29)(H2,22,25,26). The van der Waals surface area contributed by atoms with Crippen molar-refractivity contribution < 1.29 is 14.3 Å². The van der Waals surface area contributed by atoms with E-state index in [1.165, 1.54) is 11.7 Å². The molecule has 10 nitrogen and oxygen atoms in total. The van der Waals surface area contributed by atoms with Crippen LogP contribution in [0, 0.1) is 0 Å². The van der Waals surface area contributed by atoms with Gasteiger partial charge in [-0.25, -0.2) is 4.79 Å². The second-order valence-corrected chi connectivity index (χ2v) is 7.11. The number of rotatable bonds is 11. The smallest absolute Gasteiger partial charge is 0.327 e. The fourth-order valence-corrected chi connectivity index (χ4v) is 3.11. The average Bonchev–Trinajstić information content (AvgIpc) is 3.07. The minimum atomic E-state index is -0.290. The molecular weight excluding hydrogens is 400 g/mol. The molecule has 0 saturated carbocycles. The maximum Gasteiger partial charge on any atom is 0.327 e. The molecule has 3 aromatic rings. The molecule has 0 amide bonds. The van der Waals surface area contributed by atoms with Crippen LogP contribution in [-0.4, -0.2) is 45.7 Å². The van der Waals surface area contributed by atoms with Crippen LogP contribution < -0.4 is 21.5 Å². The molecule has 2 heterocycles. The van der Waals surface area contributed by atoms with E-state index in [2.05, 4.69) is 27.2 Å². The molecule has 0 bridgehead atoms. The predicted molar refractivity (Wildman–Crippen MR) is 118 cm³/mol. The highest BCUT2D eigenvalue weighted by molar-refractivity contribution is 5.81. The molecule has 0 spiro atoms. The summed E-state index contributed by atoms with van der Waals surface area (Å²) >= 11 is 0. The molecule has 166 valence electrons. The Balaban J connectivity index is 1.63. The predicted octanol–water partition coefficient (Wildman–Crippen LogP) is 2.10. The van der Waals surface area contributed by atoms with Crippen molar-refractivity contribution in [2.75, 3.05) is 31.3 Å². The van der Waals surface area contributed by atoms with Crippen LogP contribution in [0.15, 0.2) is 29.1 Å². The lowest BCUT2D eigenvalue weighted by atomic mass is 10.1. The van der Waals surface area contributed by atoms with E-state index in [4.69, 9.17) is 15.2 Å². The van der Waals surface area contributed by atoms with E-state index < -0.39 is 0 Å².